The number of hydrogen-bond donors (Lipinski definition) is 3. The molecule has 0 saturated heterocycles. The zero-order chi connectivity index (χ0) is 22.0. The number of aliphatic hydroxyl groups is 2. The van der Waals surface area contributed by atoms with Crippen LogP contribution < -0.4 is 4.74 Å². The lowest BCUT2D eigenvalue weighted by atomic mass is 10.1. The molecule has 1 aliphatic carbocycles. The molecule has 9 nitrogen and oxygen atoms in total. The van der Waals surface area contributed by atoms with Gasteiger partial charge in [-0.25, -0.2) is 9.59 Å². The number of aromatic nitrogens is 3. The first-order valence-corrected chi connectivity index (χ1v) is 11.2. The first kappa shape index (κ1) is 21.5. The minimum atomic E-state index is -1.67. The van der Waals surface area contributed by atoms with Gasteiger partial charge in [-0.15, -0.1) is 21.5 Å². The second-order valence-corrected chi connectivity index (χ2v) is 8.96. The molecule has 0 spiro atoms. The first-order valence-electron chi connectivity index (χ1n) is 9.49. The molecule has 31 heavy (non-hydrogen) atoms. The Bertz CT molecular complexity index is 1110. The summed E-state index contributed by atoms with van der Waals surface area (Å²) in [4.78, 5) is 24.9. The van der Waals surface area contributed by atoms with E-state index >= 15 is 0 Å². The van der Waals surface area contributed by atoms with Crippen molar-refractivity contribution >= 4 is 35.0 Å². The van der Waals surface area contributed by atoms with Crippen LogP contribution in [-0.2, 0) is 30.8 Å². The van der Waals surface area contributed by atoms with Gasteiger partial charge in [0.05, 0.1) is 0 Å². The second-order valence-electron chi connectivity index (χ2n) is 6.85. The Hall–Kier alpha value is -2.73. The number of hydrogen-bond acceptors (Lipinski definition) is 9. The van der Waals surface area contributed by atoms with E-state index in [1.54, 1.807) is 0 Å². The van der Waals surface area contributed by atoms with E-state index in [1.165, 1.54) is 4.57 Å². The molecule has 2 aromatic heterocycles. The van der Waals surface area contributed by atoms with Gasteiger partial charge in [-0.3, -0.25) is 4.57 Å². The van der Waals surface area contributed by atoms with Gasteiger partial charge in [0.15, 0.2) is 10.2 Å². The van der Waals surface area contributed by atoms with Crippen LogP contribution in [0.25, 0.3) is 0 Å². The van der Waals surface area contributed by atoms with E-state index < -0.39 is 24.1 Å². The number of fused-ring (bicyclic) bond motifs is 1. The number of aliphatic hydroxyl groups excluding tert-OH is 2. The number of thioether (sulfide) groups is 1. The van der Waals surface area contributed by atoms with Crippen molar-refractivity contribution in [1.82, 2.24) is 14.8 Å². The Labute approximate surface area is 185 Å². The third-order valence-corrected chi connectivity index (χ3v) is 6.95. The Morgan fingerprint density at radius 1 is 1.23 bits per heavy atom. The third kappa shape index (κ3) is 4.49. The SMILES string of the molecule is O=C(O)c1c(OC(=O)C(O)Sc2nnc(Cc3ccccc3)n2CO)sc2c1CCC2. The van der Waals surface area contributed by atoms with Crippen LogP contribution in [0.2, 0.25) is 0 Å². The summed E-state index contributed by atoms with van der Waals surface area (Å²) in [5.74, 6) is -1.70. The Morgan fingerprint density at radius 2 is 2.00 bits per heavy atom. The highest BCUT2D eigenvalue weighted by atomic mass is 32.2. The van der Waals surface area contributed by atoms with Crippen LogP contribution in [0.1, 0.15) is 38.6 Å². The lowest BCUT2D eigenvalue weighted by Crippen LogP contribution is -2.23. The van der Waals surface area contributed by atoms with Gasteiger partial charge in [0, 0.05) is 11.3 Å². The van der Waals surface area contributed by atoms with Crippen molar-refractivity contribution in [3.63, 3.8) is 0 Å². The van der Waals surface area contributed by atoms with Gasteiger partial charge in [0.1, 0.15) is 18.1 Å². The zero-order valence-corrected chi connectivity index (χ0v) is 17.9. The number of carbonyl (C=O) groups excluding carboxylic acids is 1. The molecule has 0 bridgehead atoms. The van der Waals surface area contributed by atoms with Gasteiger partial charge in [0.2, 0.25) is 5.44 Å². The van der Waals surface area contributed by atoms with Crippen molar-refractivity contribution in [2.75, 3.05) is 0 Å². The number of aromatic carboxylic acids is 1. The van der Waals surface area contributed by atoms with E-state index in [0.29, 0.717) is 36.0 Å². The molecular formula is C20H19N3O6S2. The minimum Gasteiger partial charge on any atom is -0.478 e. The predicted octanol–water partition coefficient (Wildman–Crippen LogP) is 2.08. The highest BCUT2D eigenvalue weighted by Crippen LogP contribution is 2.41. The molecule has 0 amide bonds. The average Bonchev–Trinajstić information content (AvgIpc) is 3.43. The summed E-state index contributed by atoms with van der Waals surface area (Å²) in [6, 6.07) is 9.48. The van der Waals surface area contributed by atoms with Crippen molar-refractivity contribution < 1.29 is 29.6 Å². The van der Waals surface area contributed by atoms with Gasteiger partial charge < -0.3 is 20.1 Å². The predicted molar refractivity (Wildman–Crippen MR) is 112 cm³/mol. The molecule has 162 valence electrons. The standard InChI is InChI=1S/C20H19N3O6S2/c24-10-23-14(9-11-5-2-1-3-6-11)21-22-20(23)31-18(28)17(27)29-19-15(16(25)26)12-7-4-8-13(12)30-19/h1-3,5-6,18,24,28H,4,7-10H2,(H,25,26). The maximum Gasteiger partial charge on any atom is 0.352 e. The molecule has 0 aliphatic heterocycles. The first-order chi connectivity index (χ1) is 15.0. The number of rotatable bonds is 8. The topological polar surface area (TPSA) is 135 Å². The molecule has 0 radical (unpaired) electrons. The van der Waals surface area contributed by atoms with Crippen LogP contribution in [-0.4, -0.2) is 47.5 Å². The number of ether oxygens (including phenoxy) is 1. The number of carboxylic acids is 1. The molecule has 3 N–H and O–H groups in total. The second kappa shape index (κ2) is 9.18. The highest BCUT2D eigenvalue weighted by molar-refractivity contribution is 8.00. The maximum absolute atomic E-state index is 12.4. The van der Waals surface area contributed by atoms with Crippen LogP contribution >= 0.6 is 23.1 Å². The van der Waals surface area contributed by atoms with E-state index in [0.717, 1.165) is 34.6 Å². The molecule has 3 aromatic rings. The fourth-order valence-electron chi connectivity index (χ4n) is 3.41. The summed E-state index contributed by atoms with van der Waals surface area (Å²) in [6.07, 6.45) is 2.67. The van der Waals surface area contributed by atoms with Crippen molar-refractivity contribution in [1.29, 1.82) is 0 Å². The highest BCUT2D eigenvalue weighted by Gasteiger charge is 2.31. The van der Waals surface area contributed by atoms with Crippen molar-refractivity contribution in [3.8, 4) is 5.06 Å². The van der Waals surface area contributed by atoms with Gasteiger partial charge in [-0.2, -0.15) is 0 Å². The van der Waals surface area contributed by atoms with Gasteiger partial charge in [0.25, 0.3) is 0 Å². The summed E-state index contributed by atoms with van der Waals surface area (Å²) in [7, 11) is 0. The number of carboxylic acid groups (broad SMARTS) is 1. The van der Waals surface area contributed by atoms with E-state index in [2.05, 4.69) is 10.2 Å². The minimum absolute atomic E-state index is 0.00766. The fourth-order valence-corrected chi connectivity index (χ4v) is 5.37. The number of benzene rings is 1. The monoisotopic (exact) mass is 461 g/mol. The van der Waals surface area contributed by atoms with Crippen molar-refractivity contribution in [2.24, 2.45) is 0 Å². The summed E-state index contributed by atoms with van der Waals surface area (Å²) in [6.45, 7) is -0.430. The molecule has 1 aromatic carbocycles. The Morgan fingerprint density at radius 3 is 2.71 bits per heavy atom. The van der Waals surface area contributed by atoms with E-state index in [-0.39, 0.29) is 15.8 Å². The van der Waals surface area contributed by atoms with Crippen molar-refractivity contribution in [3.05, 3.63) is 57.7 Å². The fraction of sp³-hybridized carbons (Fsp3) is 0.300. The van der Waals surface area contributed by atoms with E-state index in [1.807, 2.05) is 30.3 Å². The summed E-state index contributed by atoms with van der Waals surface area (Å²) < 4.78 is 6.61. The Balaban J connectivity index is 1.47. The molecule has 1 atom stereocenters. The lowest BCUT2D eigenvalue weighted by Gasteiger charge is -2.11. The van der Waals surface area contributed by atoms with Gasteiger partial charge in [-0.1, -0.05) is 30.3 Å². The van der Waals surface area contributed by atoms with Crippen LogP contribution in [0.5, 0.6) is 5.06 Å². The van der Waals surface area contributed by atoms with Crippen LogP contribution in [0, 0.1) is 0 Å². The summed E-state index contributed by atoms with van der Waals surface area (Å²) >= 11 is 1.79. The number of carbonyl (C=O) groups is 2. The van der Waals surface area contributed by atoms with Gasteiger partial charge >= 0.3 is 11.9 Å². The number of aryl methyl sites for hydroxylation is 1. The number of thiophene rings is 1. The van der Waals surface area contributed by atoms with Crippen LogP contribution in [0.4, 0.5) is 0 Å². The molecule has 1 aliphatic rings. The van der Waals surface area contributed by atoms with E-state index in [9.17, 15) is 24.9 Å². The molecular weight excluding hydrogens is 442 g/mol. The molecule has 1 unspecified atom stereocenters. The lowest BCUT2D eigenvalue weighted by molar-refractivity contribution is -0.139. The smallest absolute Gasteiger partial charge is 0.352 e. The largest absolute Gasteiger partial charge is 0.478 e. The molecule has 2 heterocycles. The van der Waals surface area contributed by atoms with Gasteiger partial charge in [-0.05, 0) is 42.2 Å². The third-order valence-electron chi connectivity index (χ3n) is 4.85. The quantitative estimate of drug-likeness (QED) is 0.262. The number of nitrogens with zero attached hydrogens (tertiary/aromatic N) is 3. The molecule has 0 fully saturated rings. The Kier molecular flexibility index (Phi) is 6.37. The summed E-state index contributed by atoms with van der Waals surface area (Å²) in [5, 5.41) is 37.7. The summed E-state index contributed by atoms with van der Waals surface area (Å²) in [5.41, 5.74) is -0.00884. The maximum atomic E-state index is 12.4. The normalized spacial score (nSPS) is 13.7. The molecule has 4 rings (SSSR count). The van der Waals surface area contributed by atoms with Crippen LogP contribution in [0.3, 0.4) is 0 Å². The van der Waals surface area contributed by atoms with Crippen molar-refractivity contribution in [2.45, 2.75) is 43.0 Å². The molecule has 11 heteroatoms. The average molecular weight is 462 g/mol. The van der Waals surface area contributed by atoms with E-state index in [4.69, 9.17) is 4.74 Å². The molecule has 0 saturated carbocycles. The van der Waals surface area contributed by atoms with Crippen LogP contribution in [0.15, 0.2) is 35.5 Å². The number of esters is 1. The zero-order valence-electron chi connectivity index (χ0n) is 16.2.